The number of rotatable bonds is 3. The molecule has 1 aliphatic heterocycles. The Morgan fingerprint density at radius 1 is 1.50 bits per heavy atom. The van der Waals surface area contributed by atoms with E-state index in [4.69, 9.17) is 4.74 Å². The van der Waals surface area contributed by atoms with E-state index in [9.17, 15) is 19.1 Å². The molecule has 7 heteroatoms. The largest absolute Gasteiger partial charge is 0.477 e. The Bertz CT molecular complexity index is 712. The Kier molecular flexibility index (Phi) is 3.06. The van der Waals surface area contributed by atoms with E-state index >= 15 is 0 Å². The van der Waals surface area contributed by atoms with Gasteiger partial charge in [0.05, 0.1) is 13.1 Å². The first kappa shape index (κ1) is 12.9. The lowest BCUT2D eigenvalue weighted by Crippen LogP contribution is -2.24. The highest BCUT2D eigenvalue weighted by atomic mass is 32.1. The van der Waals surface area contributed by atoms with Crippen LogP contribution >= 0.6 is 11.3 Å². The van der Waals surface area contributed by atoms with Crippen molar-refractivity contribution >= 4 is 33.5 Å². The van der Waals surface area contributed by atoms with Crippen molar-refractivity contribution in [3.8, 4) is 0 Å². The Morgan fingerprint density at radius 3 is 2.95 bits per heavy atom. The summed E-state index contributed by atoms with van der Waals surface area (Å²) in [5.41, 5.74) is 0.328. The van der Waals surface area contributed by atoms with E-state index in [1.165, 1.54) is 17.0 Å². The normalized spacial score (nSPS) is 14.8. The van der Waals surface area contributed by atoms with Crippen LogP contribution in [-0.4, -0.2) is 35.2 Å². The van der Waals surface area contributed by atoms with Crippen LogP contribution in [0.1, 0.15) is 15.2 Å². The van der Waals surface area contributed by atoms with E-state index in [2.05, 4.69) is 0 Å². The average Bonchev–Trinajstić information content (AvgIpc) is 2.96. The highest BCUT2D eigenvalue weighted by Gasteiger charge is 2.27. The van der Waals surface area contributed by atoms with E-state index < -0.39 is 17.9 Å². The Morgan fingerprint density at radius 2 is 2.30 bits per heavy atom. The summed E-state index contributed by atoms with van der Waals surface area (Å²) in [5.74, 6) is -1.60. The van der Waals surface area contributed by atoms with Gasteiger partial charge in [-0.15, -0.1) is 11.3 Å². The lowest BCUT2D eigenvalue weighted by molar-refractivity contribution is 0.0700. The molecular weight excluding hydrogens is 285 g/mol. The van der Waals surface area contributed by atoms with E-state index in [0.29, 0.717) is 16.8 Å². The molecule has 0 radical (unpaired) electrons. The number of ether oxygens (including phenoxy) is 1. The maximum Gasteiger partial charge on any atom is 0.410 e. The summed E-state index contributed by atoms with van der Waals surface area (Å²) in [6, 6.07) is 4.49. The second-order valence-electron chi connectivity index (χ2n) is 4.36. The number of carbonyl (C=O) groups excluding carboxylic acids is 1. The van der Waals surface area contributed by atoms with Crippen molar-refractivity contribution in [1.82, 2.24) is 4.90 Å². The molecule has 5 nitrogen and oxygen atoms in total. The summed E-state index contributed by atoms with van der Waals surface area (Å²) < 4.78 is 19.3. The summed E-state index contributed by atoms with van der Waals surface area (Å²) in [5, 5.41) is 9.52. The number of amides is 1. The summed E-state index contributed by atoms with van der Waals surface area (Å²) in [6.07, 6.45) is -0.503. The maximum atomic E-state index is 14.0. The zero-order valence-electron chi connectivity index (χ0n) is 10.3. The molecule has 0 bridgehead atoms. The summed E-state index contributed by atoms with van der Waals surface area (Å²) >= 11 is 1.01. The van der Waals surface area contributed by atoms with Crippen molar-refractivity contribution in [2.45, 2.75) is 6.54 Å². The van der Waals surface area contributed by atoms with Gasteiger partial charge < -0.3 is 14.7 Å². The fraction of sp³-hybridized carbons (Fsp3) is 0.231. The molecule has 0 unspecified atom stereocenters. The fourth-order valence-corrected chi connectivity index (χ4v) is 3.32. The van der Waals surface area contributed by atoms with E-state index in [1.807, 2.05) is 0 Å². The zero-order valence-corrected chi connectivity index (χ0v) is 11.1. The standard InChI is InChI=1S/C13H10FNO4S/c14-8-2-1-3-9-10(8)7(11(20-9)12(16)17)6-15-4-5-19-13(15)18/h1-3H,4-6H2,(H,16,17). The number of carbonyl (C=O) groups is 2. The minimum Gasteiger partial charge on any atom is -0.477 e. The monoisotopic (exact) mass is 295 g/mol. The highest BCUT2D eigenvalue weighted by molar-refractivity contribution is 7.21. The van der Waals surface area contributed by atoms with Crippen molar-refractivity contribution in [2.75, 3.05) is 13.2 Å². The highest BCUT2D eigenvalue weighted by Crippen LogP contribution is 2.34. The number of fused-ring (bicyclic) bond motifs is 1. The van der Waals surface area contributed by atoms with Crippen LogP contribution in [0, 0.1) is 5.82 Å². The third-order valence-corrected chi connectivity index (χ3v) is 4.34. The molecule has 3 rings (SSSR count). The van der Waals surface area contributed by atoms with E-state index in [1.54, 1.807) is 6.07 Å². The second-order valence-corrected chi connectivity index (χ2v) is 5.42. The second kappa shape index (κ2) is 4.75. The topological polar surface area (TPSA) is 66.8 Å². The first-order valence-electron chi connectivity index (χ1n) is 5.93. The number of carboxylic acid groups (broad SMARTS) is 1. The van der Waals surface area contributed by atoms with E-state index in [0.717, 1.165) is 11.3 Å². The number of thiophene rings is 1. The van der Waals surface area contributed by atoms with Gasteiger partial charge in [-0.1, -0.05) is 6.07 Å². The summed E-state index contributed by atoms with van der Waals surface area (Å²) in [4.78, 5) is 24.2. The van der Waals surface area contributed by atoms with Gasteiger partial charge in [-0.25, -0.2) is 14.0 Å². The molecule has 104 valence electrons. The quantitative estimate of drug-likeness (QED) is 0.945. The lowest BCUT2D eigenvalue weighted by Gasteiger charge is -2.12. The molecule has 0 spiro atoms. The third kappa shape index (κ3) is 2.00. The molecule has 2 aromatic rings. The zero-order chi connectivity index (χ0) is 14.3. The van der Waals surface area contributed by atoms with Crippen molar-refractivity contribution < 1.29 is 23.8 Å². The van der Waals surface area contributed by atoms with Crippen LogP contribution in [0.3, 0.4) is 0 Å². The number of benzene rings is 1. The van der Waals surface area contributed by atoms with Gasteiger partial charge in [-0.3, -0.25) is 0 Å². The van der Waals surface area contributed by atoms with Crippen LogP contribution in [0.4, 0.5) is 9.18 Å². The molecule has 0 saturated carbocycles. The SMILES string of the molecule is O=C(O)c1sc2cccc(F)c2c1CN1CCOC1=O. The van der Waals surface area contributed by atoms with Crippen LogP contribution < -0.4 is 0 Å². The first-order valence-corrected chi connectivity index (χ1v) is 6.74. The van der Waals surface area contributed by atoms with Gasteiger partial charge in [0.15, 0.2) is 0 Å². The van der Waals surface area contributed by atoms with E-state index in [-0.39, 0.29) is 23.4 Å². The van der Waals surface area contributed by atoms with Crippen molar-refractivity contribution in [1.29, 1.82) is 0 Å². The number of cyclic esters (lactones) is 1. The van der Waals surface area contributed by atoms with Crippen LogP contribution in [0.15, 0.2) is 18.2 Å². The van der Waals surface area contributed by atoms with Gasteiger partial charge in [0.2, 0.25) is 0 Å². The first-order chi connectivity index (χ1) is 9.58. The molecule has 0 aliphatic carbocycles. The lowest BCUT2D eigenvalue weighted by atomic mass is 10.1. The Labute approximate surface area is 117 Å². The molecule has 1 aliphatic rings. The van der Waals surface area contributed by atoms with Crippen molar-refractivity contribution in [2.24, 2.45) is 0 Å². The molecule has 1 aromatic carbocycles. The third-order valence-electron chi connectivity index (χ3n) is 3.15. The number of carboxylic acids is 1. The van der Waals surface area contributed by atoms with Gasteiger partial charge in [0.25, 0.3) is 0 Å². The van der Waals surface area contributed by atoms with Crippen LogP contribution in [0.2, 0.25) is 0 Å². The van der Waals surface area contributed by atoms with Gasteiger partial charge in [-0.05, 0) is 12.1 Å². The molecule has 1 aromatic heterocycles. The molecule has 1 saturated heterocycles. The molecule has 20 heavy (non-hydrogen) atoms. The minimum absolute atomic E-state index is 0.0431. The smallest absolute Gasteiger partial charge is 0.410 e. The number of halogens is 1. The molecule has 1 N–H and O–H groups in total. The Balaban J connectivity index is 2.13. The van der Waals surface area contributed by atoms with Crippen molar-refractivity contribution in [3.63, 3.8) is 0 Å². The van der Waals surface area contributed by atoms with Crippen LogP contribution in [0.25, 0.3) is 10.1 Å². The fourth-order valence-electron chi connectivity index (χ4n) is 2.25. The Hall–Kier alpha value is -2.15. The van der Waals surface area contributed by atoms with Gasteiger partial charge in [0, 0.05) is 15.6 Å². The van der Waals surface area contributed by atoms with Crippen molar-refractivity contribution in [3.05, 3.63) is 34.5 Å². The number of hydrogen-bond acceptors (Lipinski definition) is 4. The maximum absolute atomic E-state index is 14.0. The van der Waals surface area contributed by atoms with Gasteiger partial charge in [0.1, 0.15) is 17.3 Å². The molecule has 2 heterocycles. The van der Waals surface area contributed by atoms with Gasteiger partial charge >= 0.3 is 12.1 Å². The average molecular weight is 295 g/mol. The summed E-state index contributed by atoms with van der Waals surface area (Å²) in [7, 11) is 0. The number of aromatic carboxylic acids is 1. The molecule has 1 amide bonds. The number of nitrogens with zero attached hydrogens (tertiary/aromatic N) is 1. The molecule has 1 fully saturated rings. The van der Waals surface area contributed by atoms with Gasteiger partial charge in [-0.2, -0.15) is 0 Å². The summed E-state index contributed by atoms with van der Waals surface area (Å²) in [6.45, 7) is 0.691. The minimum atomic E-state index is -1.12. The van der Waals surface area contributed by atoms with Crippen LogP contribution in [0.5, 0.6) is 0 Å². The predicted molar refractivity (Wildman–Crippen MR) is 70.5 cm³/mol. The molecule has 0 atom stereocenters. The number of hydrogen-bond donors (Lipinski definition) is 1. The predicted octanol–water partition coefficient (Wildman–Crippen LogP) is 2.69. The van der Waals surface area contributed by atoms with Crippen LogP contribution in [-0.2, 0) is 11.3 Å². The molecular formula is C13H10FNO4S.